The van der Waals surface area contributed by atoms with Gasteiger partial charge in [-0.1, -0.05) is 6.07 Å². The minimum Gasteiger partial charge on any atom is -0.368 e. The summed E-state index contributed by atoms with van der Waals surface area (Å²) >= 11 is 0. The molecule has 2 heterocycles. The summed E-state index contributed by atoms with van der Waals surface area (Å²) in [6, 6.07) is 11.6. The molecular formula is C17H15N5O3. The molecule has 3 rings (SSSR count). The average Bonchev–Trinajstić information content (AvgIpc) is 3.11. The predicted octanol–water partition coefficient (Wildman–Crippen LogP) is 0.772. The molecule has 0 spiro atoms. The van der Waals surface area contributed by atoms with Gasteiger partial charge in [-0.15, -0.1) is 0 Å². The highest BCUT2D eigenvalue weighted by atomic mass is 16.2. The molecule has 3 aromatic rings. The van der Waals surface area contributed by atoms with Gasteiger partial charge in [0.2, 0.25) is 5.91 Å². The number of pyridine rings is 1. The van der Waals surface area contributed by atoms with Crippen LogP contribution in [0.4, 0.5) is 5.69 Å². The van der Waals surface area contributed by atoms with Crippen molar-refractivity contribution in [2.75, 3.05) is 5.32 Å². The number of carbonyl (C=O) groups is 2. The van der Waals surface area contributed by atoms with Gasteiger partial charge < -0.3 is 15.6 Å². The van der Waals surface area contributed by atoms with Crippen molar-refractivity contribution in [3.63, 3.8) is 0 Å². The highest BCUT2D eigenvalue weighted by molar-refractivity contribution is 6.04. The Bertz CT molecular complexity index is 976. The van der Waals surface area contributed by atoms with Crippen LogP contribution in [0.15, 0.2) is 65.8 Å². The normalized spacial score (nSPS) is 10.4. The van der Waals surface area contributed by atoms with E-state index >= 15 is 0 Å². The molecule has 0 radical (unpaired) electrons. The zero-order valence-corrected chi connectivity index (χ0v) is 13.1. The number of nitrogens with two attached hydrogens (primary N) is 1. The third-order valence-corrected chi connectivity index (χ3v) is 3.44. The molecule has 3 N–H and O–H groups in total. The van der Waals surface area contributed by atoms with E-state index < -0.39 is 17.4 Å². The lowest BCUT2D eigenvalue weighted by molar-refractivity contribution is -0.118. The Morgan fingerprint density at radius 3 is 2.72 bits per heavy atom. The number of aromatic nitrogens is 3. The molecule has 1 aromatic carbocycles. The number of nitrogens with zero attached hydrogens (tertiary/aromatic N) is 3. The number of hydrogen-bond donors (Lipinski definition) is 2. The first-order chi connectivity index (χ1) is 12.0. The van der Waals surface area contributed by atoms with Crippen LogP contribution < -0.4 is 16.6 Å². The number of amides is 2. The van der Waals surface area contributed by atoms with Gasteiger partial charge in [-0.25, -0.2) is 4.68 Å². The first-order valence-corrected chi connectivity index (χ1v) is 7.43. The van der Waals surface area contributed by atoms with Gasteiger partial charge in [-0.2, -0.15) is 5.10 Å². The van der Waals surface area contributed by atoms with E-state index in [0.29, 0.717) is 5.69 Å². The number of carbonyl (C=O) groups excluding carboxylic acids is 2. The van der Waals surface area contributed by atoms with Crippen molar-refractivity contribution in [3.8, 4) is 5.69 Å². The minimum atomic E-state index is -0.661. The Labute approximate surface area is 142 Å². The van der Waals surface area contributed by atoms with Gasteiger partial charge in [0.05, 0.1) is 11.3 Å². The summed E-state index contributed by atoms with van der Waals surface area (Å²) in [7, 11) is 0. The van der Waals surface area contributed by atoms with Crippen LogP contribution in [-0.4, -0.2) is 26.2 Å². The molecular weight excluding hydrogens is 322 g/mol. The topological polar surface area (TPSA) is 112 Å². The lowest BCUT2D eigenvalue weighted by Gasteiger charge is -2.09. The van der Waals surface area contributed by atoms with Crippen molar-refractivity contribution < 1.29 is 9.59 Å². The Balaban J connectivity index is 1.82. The zero-order chi connectivity index (χ0) is 17.8. The standard InChI is InChI=1S/C17H15N5O3/c18-15(23)11-21-10-12(5-6-16(21)24)17(25)20-13-3-1-4-14(9-13)22-8-2-7-19-22/h1-10H,11H2,(H2,18,23)(H,20,25). The summed E-state index contributed by atoms with van der Waals surface area (Å²) < 4.78 is 2.76. The molecule has 0 aliphatic rings. The Morgan fingerprint density at radius 2 is 2.00 bits per heavy atom. The molecule has 2 amide bonds. The van der Waals surface area contributed by atoms with Gasteiger partial charge in [0.15, 0.2) is 0 Å². The molecule has 0 saturated carbocycles. The first-order valence-electron chi connectivity index (χ1n) is 7.43. The van der Waals surface area contributed by atoms with Gasteiger partial charge in [-0.3, -0.25) is 14.4 Å². The van der Waals surface area contributed by atoms with Crippen molar-refractivity contribution in [2.24, 2.45) is 5.73 Å². The van der Waals surface area contributed by atoms with Crippen LogP contribution in [0.3, 0.4) is 0 Å². The van der Waals surface area contributed by atoms with Crippen LogP contribution in [0, 0.1) is 0 Å². The summed E-state index contributed by atoms with van der Waals surface area (Å²) in [4.78, 5) is 35.1. The van der Waals surface area contributed by atoms with E-state index in [1.165, 1.54) is 18.3 Å². The highest BCUT2D eigenvalue weighted by Crippen LogP contribution is 2.15. The Morgan fingerprint density at radius 1 is 1.16 bits per heavy atom. The minimum absolute atomic E-state index is 0.241. The fourth-order valence-electron chi connectivity index (χ4n) is 2.31. The summed E-state index contributed by atoms with van der Waals surface area (Å²) in [6.07, 6.45) is 4.76. The summed E-state index contributed by atoms with van der Waals surface area (Å²) in [6.45, 7) is -0.283. The van der Waals surface area contributed by atoms with Crippen molar-refractivity contribution in [3.05, 3.63) is 77.0 Å². The van der Waals surface area contributed by atoms with Crippen molar-refractivity contribution >= 4 is 17.5 Å². The van der Waals surface area contributed by atoms with E-state index in [4.69, 9.17) is 5.73 Å². The third kappa shape index (κ3) is 3.81. The van der Waals surface area contributed by atoms with E-state index in [0.717, 1.165) is 10.3 Å². The molecule has 0 aliphatic heterocycles. The lowest BCUT2D eigenvalue weighted by atomic mass is 10.2. The van der Waals surface area contributed by atoms with Gasteiger partial charge in [0, 0.05) is 30.3 Å². The number of nitrogens with one attached hydrogen (secondary N) is 1. The Hall–Kier alpha value is -3.68. The number of primary amides is 1. The number of anilines is 1. The second-order valence-corrected chi connectivity index (χ2v) is 5.31. The number of benzene rings is 1. The maximum absolute atomic E-state index is 12.4. The summed E-state index contributed by atoms with van der Waals surface area (Å²) in [5, 5.41) is 6.88. The first kappa shape index (κ1) is 16.2. The third-order valence-electron chi connectivity index (χ3n) is 3.44. The summed E-state index contributed by atoms with van der Waals surface area (Å²) in [5.74, 6) is -1.07. The smallest absolute Gasteiger partial charge is 0.257 e. The molecule has 0 atom stereocenters. The second kappa shape index (κ2) is 6.83. The predicted molar refractivity (Wildman–Crippen MR) is 91.4 cm³/mol. The summed E-state index contributed by atoms with van der Waals surface area (Å²) in [5.41, 5.74) is 6.30. The average molecular weight is 337 g/mol. The number of rotatable bonds is 5. The molecule has 0 aliphatic carbocycles. The molecule has 126 valence electrons. The van der Waals surface area contributed by atoms with E-state index in [1.54, 1.807) is 41.3 Å². The molecule has 0 saturated heterocycles. The van der Waals surface area contributed by atoms with E-state index in [-0.39, 0.29) is 12.1 Å². The van der Waals surface area contributed by atoms with Crippen LogP contribution in [0.5, 0.6) is 0 Å². The van der Waals surface area contributed by atoms with Gasteiger partial charge >= 0.3 is 0 Å². The fourth-order valence-corrected chi connectivity index (χ4v) is 2.31. The quantitative estimate of drug-likeness (QED) is 0.716. The highest BCUT2D eigenvalue weighted by Gasteiger charge is 2.10. The van der Waals surface area contributed by atoms with E-state index in [2.05, 4.69) is 10.4 Å². The SMILES string of the molecule is NC(=O)Cn1cc(C(=O)Nc2cccc(-n3cccn3)c2)ccc1=O. The van der Waals surface area contributed by atoms with Crippen molar-refractivity contribution in [1.82, 2.24) is 14.3 Å². The van der Waals surface area contributed by atoms with Crippen LogP contribution in [-0.2, 0) is 11.3 Å². The molecule has 0 unspecified atom stereocenters. The largest absolute Gasteiger partial charge is 0.368 e. The maximum Gasteiger partial charge on any atom is 0.257 e. The van der Waals surface area contributed by atoms with Crippen LogP contribution in [0.2, 0.25) is 0 Å². The Kier molecular flexibility index (Phi) is 4.42. The fraction of sp³-hybridized carbons (Fsp3) is 0.0588. The van der Waals surface area contributed by atoms with Gasteiger partial charge in [-0.05, 0) is 30.3 Å². The monoisotopic (exact) mass is 337 g/mol. The molecule has 25 heavy (non-hydrogen) atoms. The molecule has 0 bridgehead atoms. The van der Waals surface area contributed by atoms with Gasteiger partial charge in [0.25, 0.3) is 11.5 Å². The van der Waals surface area contributed by atoms with E-state index in [1.807, 2.05) is 6.07 Å². The molecule has 8 nitrogen and oxygen atoms in total. The van der Waals surface area contributed by atoms with Crippen LogP contribution >= 0.6 is 0 Å². The van der Waals surface area contributed by atoms with Crippen LogP contribution in [0.25, 0.3) is 5.69 Å². The molecule has 2 aromatic heterocycles. The second-order valence-electron chi connectivity index (χ2n) is 5.31. The lowest BCUT2D eigenvalue weighted by Crippen LogP contribution is -2.28. The molecule has 8 heteroatoms. The van der Waals surface area contributed by atoms with Crippen molar-refractivity contribution in [2.45, 2.75) is 6.54 Å². The van der Waals surface area contributed by atoms with E-state index in [9.17, 15) is 14.4 Å². The maximum atomic E-state index is 12.4. The van der Waals surface area contributed by atoms with Gasteiger partial charge in [0.1, 0.15) is 6.54 Å². The van der Waals surface area contributed by atoms with Crippen molar-refractivity contribution in [1.29, 1.82) is 0 Å². The zero-order valence-electron chi connectivity index (χ0n) is 13.1. The van der Waals surface area contributed by atoms with Crippen LogP contribution in [0.1, 0.15) is 10.4 Å². The number of hydrogen-bond acceptors (Lipinski definition) is 4. The molecule has 0 fully saturated rings.